The van der Waals surface area contributed by atoms with Gasteiger partial charge in [-0.2, -0.15) is 0 Å². The highest BCUT2D eigenvalue weighted by Crippen LogP contribution is 2.37. The molecule has 1 aromatic carbocycles. The molecule has 5 nitrogen and oxygen atoms in total. The second kappa shape index (κ2) is 7.72. The molecule has 8 heteroatoms. The maximum atomic E-state index is 12.0. The fourth-order valence-electron chi connectivity index (χ4n) is 1.92. The molecule has 0 atom stereocenters. The molecule has 0 aliphatic carbocycles. The quantitative estimate of drug-likeness (QED) is 0.635. The zero-order valence-corrected chi connectivity index (χ0v) is 14.8. The topological polar surface area (TPSA) is 78.6 Å². The van der Waals surface area contributed by atoms with Crippen LogP contribution >= 0.6 is 34.7 Å². The van der Waals surface area contributed by atoms with E-state index in [4.69, 9.17) is 26.8 Å². The Morgan fingerprint density at radius 3 is 2.48 bits per heavy atom. The third-order valence-electron chi connectivity index (χ3n) is 3.00. The van der Waals surface area contributed by atoms with Crippen LogP contribution < -0.4 is 5.73 Å². The molecule has 0 amide bonds. The van der Waals surface area contributed by atoms with Gasteiger partial charge in [0.15, 0.2) is 0 Å². The average molecular weight is 372 g/mol. The molecule has 0 saturated carbocycles. The standard InChI is InChI=1S/C15H14ClNO4S2/c1-20-14(18)11-8(12(15(19)21-2)23-13(11)17)7-22-10-6-4-3-5-9(10)16/h3-6H,7,17H2,1-2H3. The third kappa shape index (κ3) is 3.80. The Morgan fingerprint density at radius 1 is 1.22 bits per heavy atom. The SMILES string of the molecule is COC(=O)c1sc(N)c(C(=O)OC)c1CSc1ccccc1Cl. The molecule has 0 aliphatic heterocycles. The first-order valence-electron chi connectivity index (χ1n) is 6.44. The van der Waals surface area contributed by atoms with Gasteiger partial charge in [0.1, 0.15) is 9.88 Å². The number of halogens is 1. The van der Waals surface area contributed by atoms with Crippen LogP contribution in [0.4, 0.5) is 5.00 Å². The Labute approximate surface area is 146 Å². The summed E-state index contributed by atoms with van der Waals surface area (Å²) in [5.41, 5.74) is 6.59. The number of nitrogens with two attached hydrogens (primary N) is 1. The van der Waals surface area contributed by atoms with Crippen LogP contribution in [0.2, 0.25) is 5.02 Å². The molecule has 122 valence electrons. The number of esters is 2. The van der Waals surface area contributed by atoms with Gasteiger partial charge in [0, 0.05) is 16.2 Å². The lowest BCUT2D eigenvalue weighted by molar-refractivity contribution is 0.0601. The van der Waals surface area contributed by atoms with Gasteiger partial charge < -0.3 is 15.2 Å². The van der Waals surface area contributed by atoms with Crippen molar-refractivity contribution in [1.82, 2.24) is 0 Å². The largest absolute Gasteiger partial charge is 0.465 e. The van der Waals surface area contributed by atoms with Crippen molar-refractivity contribution >= 4 is 51.6 Å². The zero-order chi connectivity index (χ0) is 17.0. The number of thiophene rings is 1. The molecular weight excluding hydrogens is 358 g/mol. The molecule has 23 heavy (non-hydrogen) atoms. The van der Waals surface area contributed by atoms with Crippen LogP contribution in [0.3, 0.4) is 0 Å². The van der Waals surface area contributed by atoms with Gasteiger partial charge in [0.25, 0.3) is 0 Å². The number of benzene rings is 1. The molecule has 2 rings (SSSR count). The summed E-state index contributed by atoms with van der Waals surface area (Å²) in [6.07, 6.45) is 0. The van der Waals surface area contributed by atoms with E-state index in [1.54, 1.807) is 6.07 Å². The van der Waals surface area contributed by atoms with Gasteiger partial charge in [0.2, 0.25) is 0 Å². The van der Waals surface area contributed by atoms with E-state index >= 15 is 0 Å². The van der Waals surface area contributed by atoms with E-state index in [1.807, 2.05) is 18.2 Å². The highest BCUT2D eigenvalue weighted by Gasteiger charge is 2.27. The predicted molar refractivity (Wildman–Crippen MR) is 92.4 cm³/mol. The van der Waals surface area contributed by atoms with E-state index < -0.39 is 11.9 Å². The van der Waals surface area contributed by atoms with Crippen molar-refractivity contribution in [3.05, 3.63) is 45.3 Å². The zero-order valence-electron chi connectivity index (χ0n) is 12.4. The fraction of sp³-hybridized carbons (Fsp3) is 0.200. The molecule has 0 aliphatic rings. The summed E-state index contributed by atoms with van der Waals surface area (Å²) in [5.74, 6) is -0.776. The minimum Gasteiger partial charge on any atom is -0.465 e. The number of hydrogen-bond donors (Lipinski definition) is 1. The third-order valence-corrected chi connectivity index (χ3v) is 5.59. The Balaban J connectivity index is 2.40. The molecule has 0 radical (unpaired) electrons. The van der Waals surface area contributed by atoms with Crippen molar-refractivity contribution in [2.75, 3.05) is 20.0 Å². The number of ether oxygens (including phenoxy) is 2. The Hall–Kier alpha value is -1.70. The number of carbonyl (C=O) groups is 2. The van der Waals surface area contributed by atoms with E-state index in [9.17, 15) is 9.59 Å². The number of carbonyl (C=O) groups excluding carboxylic acids is 2. The van der Waals surface area contributed by atoms with Crippen molar-refractivity contribution in [3.8, 4) is 0 Å². The predicted octanol–water partition coefficient (Wildman–Crippen LogP) is 3.85. The lowest BCUT2D eigenvalue weighted by atomic mass is 10.1. The second-order valence-electron chi connectivity index (χ2n) is 4.35. The normalized spacial score (nSPS) is 10.4. The molecule has 2 N–H and O–H groups in total. The van der Waals surface area contributed by atoms with Crippen LogP contribution in [0.25, 0.3) is 0 Å². The highest BCUT2D eigenvalue weighted by atomic mass is 35.5. The number of thioether (sulfide) groups is 1. The molecule has 2 aromatic rings. The minimum absolute atomic E-state index is 0.206. The average Bonchev–Trinajstić information content (AvgIpc) is 2.89. The summed E-state index contributed by atoms with van der Waals surface area (Å²) in [7, 11) is 2.54. The monoisotopic (exact) mass is 371 g/mol. The molecule has 1 heterocycles. The first-order chi connectivity index (χ1) is 11.0. The van der Waals surface area contributed by atoms with E-state index in [-0.39, 0.29) is 10.6 Å². The van der Waals surface area contributed by atoms with Gasteiger partial charge in [-0.05, 0) is 12.1 Å². The van der Waals surface area contributed by atoms with Gasteiger partial charge >= 0.3 is 11.9 Å². The van der Waals surface area contributed by atoms with E-state index in [0.717, 1.165) is 16.2 Å². The summed E-state index contributed by atoms with van der Waals surface area (Å²) < 4.78 is 9.52. The number of methoxy groups -OCH3 is 2. The van der Waals surface area contributed by atoms with E-state index in [1.165, 1.54) is 26.0 Å². The highest BCUT2D eigenvalue weighted by molar-refractivity contribution is 7.98. The van der Waals surface area contributed by atoms with E-state index in [0.29, 0.717) is 21.2 Å². The van der Waals surface area contributed by atoms with Crippen LogP contribution in [-0.2, 0) is 15.2 Å². The molecule has 0 bridgehead atoms. The smallest absolute Gasteiger partial charge is 0.348 e. The number of anilines is 1. The lowest BCUT2D eigenvalue weighted by Crippen LogP contribution is -2.08. The maximum Gasteiger partial charge on any atom is 0.348 e. The molecular formula is C15H14ClNO4S2. The van der Waals surface area contributed by atoms with Crippen LogP contribution in [0.15, 0.2) is 29.2 Å². The lowest BCUT2D eigenvalue weighted by Gasteiger charge is -2.07. The first-order valence-corrected chi connectivity index (χ1v) is 8.62. The van der Waals surface area contributed by atoms with Gasteiger partial charge in [0.05, 0.1) is 24.8 Å². The van der Waals surface area contributed by atoms with E-state index in [2.05, 4.69) is 0 Å². The summed E-state index contributed by atoms with van der Waals surface area (Å²) >= 11 is 8.54. The van der Waals surface area contributed by atoms with Crippen molar-refractivity contribution in [1.29, 1.82) is 0 Å². The Bertz CT molecular complexity index is 745. The van der Waals surface area contributed by atoms with Crippen molar-refractivity contribution in [2.45, 2.75) is 10.6 Å². The van der Waals surface area contributed by atoms with Gasteiger partial charge in [-0.15, -0.1) is 23.1 Å². The number of hydrogen-bond acceptors (Lipinski definition) is 7. The molecule has 0 saturated heterocycles. The van der Waals surface area contributed by atoms with Crippen molar-refractivity contribution in [2.24, 2.45) is 0 Å². The van der Waals surface area contributed by atoms with Crippen LogP contribution in [-0.4, -0.2) is 26.2 Å². The van der Waals surface area contributed by atoms with Crippen LogP contribution in [0, 0.1) is 0 Å². The van der Waals surface area contributed by atoms with Gasteiger partial charge in [-0.1, -0.05) is 23.7 Å². The summed E-state index contributed by atoms with van der Waals surface area (Å²) in [5, 5.41) is 0.826. The summed E-state index contributed by atoms with van der Waals surface area (Å²) in [6, 6.07) is 7.32. The van der Waals surface area contributed by atoms with Crippen LogP contribution in [0.1, 0.15) is 25.6 Å². The molecule has 0 fully saturated rings. The van der Waals surface area contributed by atoms with Gasteiger partial charge in [-0.3, -0.25) is 0 Å². The number of rotatable bonds is 5. The van der Waals surface area contributed by atoms with Crippen LogP contribution in [0.5, 0.6) is 0 Å². The maximum absolute atomic E-state index is 12.0. The van der Waals surface area contributed by atoms with Crippen molar-refractivity contribution < 1.29 is 19.1 Å². The minimum atomic E-state index is -0.580. The van der Waals surface area contributed by atoms with Gasteiger partial charge in [-0.25, -0.2) is 9.59 Å². The summed E-state index contributed by atoms with van der Waals surface area (Å²) in [4.78, 5) is 25.0. The molecule has 0 spiro atoms. The Kier molecular flexibility index (Phi) is 5.92. The number of nitrogen functional groups attached to an aromatic ring is 1. The second-order valence-corrected chi connectivity index (χ2v) is 6.83. The van der Waals surface area contributed by atoms with Crippen molar-refractivity contribution in [3.63, 3.8) is 0 Å². The fourth-order valence-corrected chi connectivity index (χ4v) is 4.27. The molecule has 0 unspecified atom stereocenters. The summed E-state index contributed by atoms with van der Waals surface area (Å²) in [6.45, 7) is 0. The Morgan fingerprint density at radius 2 is 1.87 bits per heavy atom. The molecule has 1 aromatic heterocycles. The first kappa shape index (κ1) is 17.7.